The molecule has 0 aliphatic heterocycles. The van der Waals surface area contributed by atoms with Crippen LogP contribution in [0.1, 0.15) is 5.56 Å². The van der Waals surface area contributed by atoms with E-state index in [-0.39, 0.29) is 0 Å². The van der Waals surface area contributed by atoms with Crippen LogP contribution in [0.4, 0.5) is 5.82 Å². The molecule has 0 fully saturated rings. The van der Waals surface area contributed by atoms with Crippen molar-refractivity contribution >= 4 is 33.6 Å². The predicted molar refractivity (Wildman–Crippen MR) is 95.0 cm³/mol. The van der Waals surface area contributed by atoms with Crippen molar-refractivity contribution in [2.45, 2.75) is 0 Å². The monoisotopic (exact) mass is 320 g/mol. The lowest BCUT2D eigenvalue weighted by Crippen LogP contribution is -2.15. The molecule has 0 saturated carbocycles. The van der Waals surface area contributed by atoms with Crippen molar-refractivity contribution in [3.05, 3.63) is 60.7 Å². The maximum Gasteiger partial charge on any atom is 0.152 e. The number of H-pyrrole nitrogens is 1. The number of rotatable bonds is 1. The zero-order chi connectivity index (χ0) is 16.9. The van der Waals surface area contributed by atoms with Crippen molar-refractivity contribution in [2.75, 3.05) is 5.73 Å². The number of benzene rings is 1. The number of pyridine rings is 2. The van der Waals surface area contributed by atoms with Crippen LogP contribution in [0.15, 0.2) is 60.2 Å². The first kappa shape index (κ1) is 15.2. The van der Waals surface area contributed by atoms with Gasteiger partial charge >= 0.3 is 0 Å². The Balaban J connectivity index is 0.000000150. The Bertz CT molecular complexity index is 991. The van der Waals surface area contributed by atoms with Gasteiger partial charge in [-0.1, -0.05) is 18.2 Å². The highest BCUT2D eigenvalue weighted by atomic mass is 15.2. The fourth-order valence-electron chi connectivity index (χ4n) is 2.25. The Labute approximate surface area is 137 Å². The molecule has 3 aromatic heterocycles. The zero-order valence-electron chi connectivity index (χ0n) is 12.7. The van der Waals surface area contributed by atoms with Gasteiger partial charge in [-0.2, -0.15) is 5.10 Å². The third-order valence-corrected chi connectivity index (χ3v) is 3.39. The van der Waals surface area contributed by atoms with Crippen molar-refractivity contribution in [1.29, 1.82) is 0 Å². The van der Waals surface area contributed by atoms with Crippen LogP contribution in [-0.4, -0.2) is 25.8 Å². The van der Waals surface area contributed by atoms with Crippen LogP contribution in [0.3, 0.4) is 0 Å². The number of para-hydroxylation sites is 1. The number of hydrazone groups is 1. The minimum absolute atomic E-state index is 0.299. The molecule has 1 aromatic carbocycles. The fraction of sp³-hybridized carbons (Fsp3) is 0. The first-order valence-electron chi connectivity index (χ1n) is 7.11. The van der Waals surface area contributed by atoms with Gasteiger partial charge in [0.25, 0.3) is 0 Å². The molecule has 0 radical (unpaired) electrons. The molecule has 0 aliphatic rings. The van der Waals surface area contributed by atoms with Gasteiger partial charge in [-0.3, -0.25) is 4.98 Å². The zero-order valence-corrected chi connectivity index (χ0v) is 12.7. The molecule has 8 heteroatoms. The number of nitrogen functional groups attached to an aromatic ring is 1. The van der Waals surface area contributed by atoms with Crippen LogP contribution < -0.4 is 17.3 Å². The van der Waals surface area contributed by atoms with Gasteiger partial charge in [0.1, 0.15) is 5.52 Å². The number of hydrogen-bond acceptors (Lipinski definition) is 6. The van der Waals surface area contributed by atoms with Crippen LogP contribution in [0.25, 0.3) is 21.9 Å². The SMILES string of the molecule is N/N=C(/N)c1cccnc1.Nc1nc2ccccc2c2[nH]cnc12. The number of nitrogens with one attached hydrogen (secondary N) is 1. The molecule has 8 nitrogen and oxygen atoms in total. The summed E-state index contributed by atoms with van der Waals surface area (Å²) in [5, 5.41) is 4.36. The number of aromatic amines is 1. The van der Waals surface area contributed by atoms with Gasteiger partial charge in [-0.05, 0) is 18.2 Å². The van der Waals surface area contributed by atoms with Gasteiger partial charge in [0.05, 0.1) is 17.4 Å². The molecule has 4 rings (SSSR count). The Morgan fingerprint density at radius 2 is 1.96 bits per heavy atom. The highest BCUT2D eigenvalue weighted by Gasteiger charge is 2.06. The maximum atomic E-state index is 5.77. The summed E-state index contributed by atoms with van der Waals surface area (Å²) >= 11 is 0. The smallest absolute Gasteiger partial charge is 0.152 e. The summed E-state index contributed by atoms with van der Waals surface area (Å²) in [6, 6.07) is 11.4. The first-order chi connectivity index (χ1) is 11.7. The molecule has 4 aromatic rings. The van der Waals surface area contributed by atoms with Gasteiger partial charge in [-0.25, -0.2) is 9.97 Å². The average molecular weight is 320 g/mol. The van der Waals surface area contributed by atoms with E-state index in [0.717, 1.165) is 27.5 Å². The van der Waals surface area contributed by atoms with Crippen LogP contribution in [0.5, 0.6) is 0 Å². The molecule has 0 amide bonds. The van der Waals surface area contributed by atoms with Crippen LogP contribution >= 0.6 is 0 Å². The number of nitrogens with two attached hydrogens (primary N) is 3. The molecule has 0 spiro atoms. The second kappa shape index (κ2) is 6.61. The minimum atomic E-state index is 0.299. The number of hydrogen-bond donors (Lipinski definition) is 4. The van der Waals surface area contributed by atoms with Crippen LogP contribution in [-0.2, 0) is 0 Å². The lowest BCUT2D eigenvalue weighted by molar-refractivity contribution is 1.22. The standard InChI is InChI=1S/C10H8N4.C6H8N4/c11-10-9-8(12-5-13-9)6-3-1-2-4-7(6)14-10;7-6(10-8)5-2-1-3-9-4-5/h1-5H,(H2,11,14)(H,12,13);1-4H,8H2,(H2,7,10). The van der Waals surface area contributed by atoms with Crippen molar-refractivity contribution in [3.63, 3.8) is 0 Å². The van der Waals surface area contributed by atoms with Crippen molar-refractivity contribution in [3.8, 4) is 0 Å². The second-order valence-electron chi connectivity index (χ2n) is 4.90. The first-order valence-corrected chi connectivity index (χ1v) is 7.11. The summed E-state index contributed by atoms with van der Waals surface area (Å²) < 4.78 is 0. The van der Waals surface area contributed by atoms with Crippen molar-refractivity contribution in [2.24, 2.45) is 16.7 Å². The summed E-state index contributed by atoms with van der Waals surface area (Å²) in [5.74, 6) is 5.71. The maximum absolute atomic E-state index is 5.77. The highest BCUT2D eigenvalue weighted by Crippen LogP contribution is 2.24. The molecule has 0 bridgehead atoms. The normalized spacial score (nSPS) is 11.2. The Kier molecular flexibility index (Phi) is 4.19. The average Bonchev–Trinajstić information content (AvgIpc) is 3.13. The molecule has 7 N–H and O–H groups in total. The van der Waals surface area contributed by atoms with E-state index in [9.17, 15) is 0 Å². The van der Waals surface area contributed by atoms with Crippen molar-refractivity contribution < 1.29 is 0 Å². The van der Waals surface area contributed by atoms with Gasteiger partial charge < -0.3 is 22.3 Å². The third kappa shape index (κ3) is 2.93. The number of aromatic nitrogens is 4. The number of amidine groups is 1. The molecule has 0 saturated heterocycles. The van der Waals surface area contributed by atoms with E-state index in [2.05, 4.69) is 25.0 Å². The summed E-state index contributed by atoms with van der Waals surface area (Å²) in [4.78, 5) is 15.3. The Morgan fingerprint density at radius 3 is 2.71 bits per heavy atom. The van der Waals surface area contributed by atoms with Crippen LogP contribution in [0, 0.1) is 0 Å². The van der Waals surface area contributed by atoms with Gasteiger partial charge in [0.2, 0.25) is 0 Å². The van der Waals surface area contributed by atoms with E-state index < -0.39 is 0 Å². The minimum Gasteiger partial charge on any atom is -0.382 e. The number of fused-ring (bicyclic) bond motifs is 3. The van der Waals surface area contributed by atoms with E-state index in [1.165, 1.54) is 0 Å². The molecule has 0 aliphatic carbocycles. The van der Waals surface area contributed by atoms with Gasteiger partial charge in [0.15, 0.2) is 11.7 Å². The Morgan fingerprint density at radius 1 is 1.12 bits per heavy atom. The summed E-state index contributed by atoms with van der Waals surface area (Å²) in [7, 11) is 0. The lowest BCUT2D eigenvalue weighted by Gasteiger charge is -1.99. The molecule has 24 heavy (non-hydrogen) atoms. The summed E-state index contributed by atoms with van der Waals surface area (Å²) in [5.41, 5.74) is 14.5. The lowest BCUT2D eigenvalue weighted by atomic mass is 10.2. The number of anilines is 1. The van der Waals surface area contributed by atoms with E-state index in [0.29, 0.717) is 11.7 Å². The molecule has 0 atom stereocenters. The highest BCUT2D eigenvalue weighted by molar-refractivity contribution is 6.05. The van der Waals surface area contributed by atoms with Crippen molar-refractivity contribution in [1.82, 2.24) is 19.9 Å². The van der Waals surface area contributed by atoms with Gasteiger partial charge in [-0.15, -0.1) is 0 Å². The third-order valence-electron chi connectivity index (χ3n) is 3.39. The quantitative estimate of drug-likeness (QED) is 0.180. The summed E-state index contributed by atoms with van der Waals surface area (Å²) in [6.45, 7) is 0. The molecule has 0 unspecified atom stereocenters. The van der Waals surface area contributed by atoms with E-state index in [4.69, 9.17) is 17.3 Å². The van der Waals surface area contributed by atoms with Crippen LogP contribution in [0.2, 0.25) is 0 Å². The van der Waals surface area contributed by atoms with E-state index in [1.807, 2.05) is 24.3 Å². The molecule has 3 heterocycles. The Hall–Kier alpha value is -3.68. The molecular weight excluding hydrogens is 304 g/mol. The molecule has 120 valence electrons. The number of nitrogens with zero attached hydrogens (tertiary/aromatic N) is 4. The summed E-state index contributed by atoms with van der Waals surface area (Å²) in [6.07, 6.45) is 4.90. The van der Waals surface area contributed by atoms with E-state index in [1.54, 1.807) is 30.9 Å². The largest absolute Gasteiger partial charge is 0.382 e. The predicted octanol–water partition coefficient (Wildman–Crippen LogP) is 1.35. The second-order valence-corrected chi connectivity index (χ2v) is 4.90. The van der Waals surface area contributed by atoms with Gasteiger partial charge in [0, 0.05) is 23.3 Å². The van der Waals surface area contributed by atoms with E-state index >= 15 is 0 Å². The molecular formula is C16H16N8. The number of imidazole rings is 1. The topological polar surface area (TPSA) is 145 Å². The fourth-order valence-corrected chi connectivity index (χ4v) is 2.25.